The molecule has 0 heterocycles. The average Bonchev–Trinajstić information content (AvgIpc) is 3.07. The van der Waals surface area contributed by atoms with Crippen LogP contribution in [-0.2, 0) is 6.42 Å². The van der Waals surface area contributed by atoms with E-state index in [0.29, 0.717) is 11.3 Å². The molecule has 0 aliphatic heterocycles. The van der Waals surface area contributed by atoms with Crippen molar-refractivity contribution in [2.45, 2.75) is 18.9 Å². The van der Waals surface area contributed by atoms with Crippen molar-refractivity contribution in [2.75, 3.05) is 0 Å². The molecule has 1 amide bonds. The Morgan fingerprint density at radius 2 is 1.68 bits per heavy atom. The Balaban J connectivity index is 1.63. The van der Waals surface area contributed by atoms with Gasteiger partial charge < -0.3 is 10.4 Å². The first-order chi connectivity index (χ1) is 12.2. The van der Waals surface area contributed by atoms with Crippen molar-refractivity contribution >= 4 is 5.91 Å². The number of phenolic OH excluding ortho intramolecular Hbond substituents is 1. The fourth-order valence-electron chi connectivity index (χ4n) is 3.57. The minimum absolute atomic E-state index is 0.0570. The van der Waals surface area contributed by atoms with Crippen molar-refractivity contribution in [1.29, 1.82) is 0 Å². The second-order valence-corrected chi connectivity index (χ2v) is 6.32. The molecule has 0 saturated heterocycles. The molecule has 124 valence electrons. The van der Waals surface area contributed by atoms with E-state index in [0.717, 1.165) is 35.1 Å². The van der Waals surface area contributed by atoms with Gasteiger partial charge in [0.05, 0.1) is 6.04 Å². The normalized spacial score (nSPS) is 15.6. The van der Waals surface area contributed by atoms with Crippen LogP contribution in [0.1, 0.15) is 33.9 Å². The molecule has 25 heavy (non-hydrogen) atoms. The lowest BCUT2D eigenvalue weighted by Crippen LogP contribution is -2.27. The lowest BCUT2D eigenvalue weighted by molar-refractivity contribution is 0.0937. The highest BCUT2D eigenvalue weighted by Crippen LogP contribution is 2.36. The summed E-state index contributed by atoms with van der Waals surface area (Å²) in [5, 5.41) is 13.1. The molecular weight excluding hydrogens is 310 g/mol. The first-order valence-electron chi connectivity index (χ1n) is 8.50. The molecule has 3 aromatic rings. The molecule has 2 N–H and O–H groups in total. The Hall–Kier alpha value is -3.07. The fraction of sp³-hybridized carbons (Fsp3) is 0.136. The second-order valence-electron chi connectivity index (χ2n) is 6.32. The van der Waals surface area contributed by atoms with Crippen LogP contribution in [0.3, 0.4) is 0 Å². The van der Waals surface area contributed by atoms with Crippen LogP contribution >= 0.6 is 0 Å². The molecule has 1 unspecified atom stereocenters. The number of carbonyl (C=O) groups excluding carboxylic acids is 1. The van der Waals surface area contributed by atoms with E-state index in [2.05, 4.69) is 5.32 Å². The molecule has 0 aromatic heterocycles. The van der Waals surface area contributed by atoms with Crippen molar-refractivity contribution in [3.63, 3.8) is 0 Å². The Bertz CT molecular complexity index is 918. The van der Waals surface area contributed by atoms with Gasteiger partial charge >= 0.3 is 0 Å². The third-order valence-electron chi connectivity index (χ3n) is 4.81. The van der Waals surface area contributed by atoms with Crippen molar-refractivity contribution in [3.05, 3.63) is 89.5 Å². The van der Waals surface area contributed by atoms with Crippen molar-refractivity contribution in [1.82, 2.24) is 5.32 Å². The van der Waals surface area contributed by atoms with Crippen molar-refractivity contribution < 1.29 is 9.90 Å². The largest absolute Gasteiger partial charge is 0.508 e. The van der Waals surface area contributed by atoms with E-state index in [-0.39, 0.29) is 11.9 Å². The summed E-state index contributed by atoms with van der Waals surface area (Å²) in [6.07, 6.45) is 1.60. The van der Waals surface area contributed by atoms with Crippen LogP contribution in [-0.4, -0.2) is 11.0 Å². The Labute approximate surface area is 147 Å². The summed E-state index contributed by atoms with van der Waals surface area (Å²) < 4.78 is 0. The zero-order valence-electron chi connectivity index (χ0n) is 13.8. The summed E-state index contributed by atoms with van der Waals surface area (Å²) in [4.78, 5) is 12.9. The maximum atomic E-state index is 12.9. The molecule has 1 aliphatic carbocycles. The number of hydrogen-bond acceptors (Lipinski definition) is 2. The van der Waals surface area contributed by atoms with E-state index in [9.17, 15) is 9.90 Å². The molecule has 0 bridgehead atoms. The molecule has 3 aromatic carbocycles. The number of carbonyl (C=O) groups is 1. The third kappa shape index (κ3) is 2.89. The number of rotatable bonds is 3. The third-order valence-corrected chi connectivity index (χ3v) is 4.81. The van der Waals surface area contributed by atoms with Gasteiger partial charge in [0.15, 0.2) is 0 Å². The zero-order chi connectivity index (χ0) is 17.2. The molecule has 1 atom stereocenters. The number of benzene rings is 3. The minimum Gasteiger partial charge on any atom is -0.508 e. The Morgan fingerprint density at radius 3 is 2.52 bits per heavy atom. The van der Waals surface area contributed by atoms with Gasteiger partial charge in [0.1, 0.15) is 5.75 Å². The predicted molar refractivity (Wildman–Crippen MR) is 98.5 cm³/mol. The Morgan fingerprint density at radius 1 is 0.920 bits per heavy atom. The first-order valence-corrected chi connectivity index (χ1v) is 8.50. The standard InChI is InChI=1S/C22H19NO2/c24-21-12-6-11-17-18(21)13-14-20(17)23-22(25)19-10-5-4-9-16(19)15-7-2-1-3-8-15/h1-12,20,24H,13-14H2,(H,23,25). The SMILES string of the molecule is O=C(NC1CCc2c(O)cccc21)c1ccccc1-c1ccccc1. The maximum Gasteiger partial charge on any atom is 0.252 e. The van der Waals surface area contributed by atoms with Gasteiger partial charge in [-0.15, -0.1) is 0 Å². The number of amides is 1. The molecule has 4 rings (SSSR count). The van der Waals surface area contributed by atoms with E-state index < -0.39 is 0 Å². The van der Waals surface area contributed by atoms with Gasteiger partial charge in [-0.3, -0.25) is 4.79 Å². The Kier molecular flexibility index (Phi) is 3.98. The number of phenols is 1. The van der Waals surface area contributed by atoms with Crippen LogP contribution in [0.4, 0.5) is 0 Å². The van der Waals surface area contributed by atoms with Gasteiger partial charge in [-0.25, -0.2) is 0 Å². The highest BCUT2D eigenvalue weighted by Gasteiger charge is 2.26. The number of fused-ring (bicyclic) bond motifs is 1. The van der Waals surface area contributed by atoms with Gasteiger partial charge in [-0.05, 0) is 47.2 Å². The van der Waals surface area contributed by atoms with Crippen LogP contribution in [0.15, 0.2) is 72.8 Å². The molecule has 0 spiro atoms. The molecular formula is C22H19NO2. The summed E-state index contributed by atoms with van der Waals surface area (Å²) in [6.45, 7) is 0. The van der Waals surface area contributed by atoms with E-state index >= 15 is 0 Å². The number of aromatic hydroxyl groups is 1. The van der Waals surface area contributed by atoms with Crippen molar-refractivity contribution in [3.8, 4) is 16.9 Å². The molecule has 0 radical (unpaired) electrons. The molecule has 1 aliphatic rings. The van der Waals surface area contributed by atoms with E-state index in [4.69, 9.17) is 0 Å². The van der Waals surface area contributed by atoms with Gasteiger partial charge in [0.25, 0.3) is 5.91 Å². The second kappa shape index (κ2) is 6.44. The summed E-state index contributed by atoms with van der Waals surface area (Å²) in [5.74, 6) is 0.236. The highest BCUT2D eigenvalue weighted by atomic mass is 16.3. The van der Waals surface area contributed by atoms with Crippen molar-refractivity contribution in [2.24, 2.45) is 0 Å². The van der Waals surface area contributed by atoms with Gasteiger partial charge in [-0.2, -0.15) is 0 Å². The monoisotopic (exact) mass is 329 g/mol. The van der Waals surface area contributed by atoms with E-state index in [1.807, 2.05) is 66.7 Å². The minimum atomic E-state index is -0.0827. The van der Waals surface area contributed by atoms with Crippen LogP contribution < -0.4 is 5.32 Å². The van der Waals surface area contributed by atoms with E-state index in [1.165, 1.54) is 0 Å². The maximum absolute atomic E-state index is 12.9. The summed E-state index contributed by atoms with van der Waals surface area (Å²) >= 11 is 0. The molecule has 3 heteroatoms. The van der Waals surface area contributed by atoms with Crippen LogP contribution in [0, 0.1) is 0 Å². The smallest absolute Gasteiger partial charge is 0.252 e. The first kappa shape index (κ1) is 15.5. The molecule has 0 fully saturated rings. The lowest BCUT2D eigenvalue weighted by Gasteiger charge is -2.16. The number of hydrogen-bond donors (Lipinski definition) is 2. The van der Waals surface area contributed by atoms with Gasteiger partial charge in [-0.1, -0.05) is 60.7 Å². The van der Waals surface area contributed by atoms with Gasteiger partial charge in [0, 0.05) is 5.56 Å². The quantitative estimate of drug-likeness (QED) is 0.744. The molecule has 0 saturated carbocycles. The fourth-order valence-corrected chi connectivity index (χ4v) is 3.57. The van der Waals surface area contributed by atoms with Crippen LogP contribution in [0.2, 0.25) is 0 Å². The zero-order valence-corrected chi connectivity index (χ0v) is 13.8. The summed E-state index contributed by atoms with van der Waals surface area (Å²) in [5.41, 5.74) is 4.59. The summed E-state index contributed by atoms with van der Waals surface area (Å²) in [7, 11) is 0. The van der Waals surface area contributed by atoms with E-state index in [1.54, 1.807) is 6.07 Å². The average molecular weight is 329 g/mol. The molecule has 3 nitrogen and oxygen atoms in total. The van der Waals surface area contributed by atoms with Crippen LogP contribution in [0.25, 0.3) is 11.1 Å². The number of nitrogens with one attached hydrogen (secondary N) is 1. The topological polar surface area (TPSA) is 49.3 Å². The lowest BCUT2D eigenvalue weighted by atomic mass is 9.98. The van der Waals surface area contributed by atoms with Crippen LogP contribution in [0.5, 0.6) is 5.75 Å². The van der Waals surface area contributed by atoms with Gasteiger partial charge in [0.2, 0.25) is 0 Å². The predicted octanol–water partition coefficient (Wildman–Crippen LogP) is 4.48. The summed E-state index contributed by atoms with van der Waals surface area (Å²) in [6, 6.07) is 23.0. The highest BCUT2D eigenvalue weighted by molar-refractivity contribution is 6.01.